The fourth-order valence-electron chi connectivity index (χ4n) is 1.14. The van der Waals surface area contributed by atoms with Crippen molar-refractivity contribution in [2.24, 2.45) is 0 Å². The van der Waals surface area contributed by atoms with Gasteiger partial charge in [0.1, 0.15) is 0 Å². The van der Waals surface area contributed by atoms with E-state index in [4.69, 9.17) is 8.83 Å². The predicted molar refractivity (Wildman–Crippen MR) is 44.1 cm³/mol. The Morgan fingerprint density at radius 2 is 2.00 bits per heavy atom. The molecule has 0 N–H and O–H groups in total. The maximum atomic E-state index is 10.7. The summed E-state index contributed by atoms with van der Waals surface area (Å²) in [7, 11) is 0. The highest BCUT2D eigenvalue weighted by Gasteiger charge is 2.02. The monoisotopic (exact) mass is 164 g/mol. The number of benzene rings is 1. The van der Waals surface area contributed by atoms with Gasteiger partial charge in [0.2, 0.25) is 0 Å². The zero-order chi connectivity index (χ0) is 8.55. The highest BCUT2D eigenvalue weighted by molar-refractivity contribution is 5.70. The van der Waals surface area contributed by atoms with Crippen molar-refractivity contribution in [1.29, 1.82) is 0 Å². The van der Waals surface area contributed by atoms with E-state index in [0.29, 0.717) is 11.2 Å². The molecule has 0 saturated heterocycles. The van der Waals surface area contributed by atoms with Gasteiger partial charge in [-0.1, -0.05) is 13.0 Å². The molecule has 0 fully saturated rings. The maximum absolute atomic E-state index is 10.7. The fraction of sp³-hybridized carbons (Fsp3) is 0.222. The molecule has 2 rings (SSSR count). The van der Waals surface area contributed by atoms with Crippen LogP contribution in [0.3, 0.4) is 0 Å². The van der Waals surface area contributed by atoms with Gasteiger partial charge in [0.05, 0.1) is 0 Å². The van der Waals surface area contributed by atoms with E-state index in [1.807, 2.05) is 19.1 Å². The van der Waals surface area contributed by atoms with Gasteiger partial charge in [0.15, 0.2) is 11.2 Å². The first kappa shape index (κ1) is 7.16. The van der Waals surface area contributed by atoms with Crippen LogP contribution in [0.4, 0.5) is 0 Å². The molecule has 3 nitrogen and oxygen atoms in total. The maximum Gasteiger partial charge on any atom is 0.519 e. The summed E-state index contributed by atoms with van der Waals surface area (Å²) in [6, 6.07) is 5.49. The van der Waals surface area contributed by atoms with E-state index in [0.717, 1.165) is 12.0 Å². The SMILES string of the molecule is CCc1ccc2oc(=O)oc2c1. The molecule has 0 bridgehead atoms. The molecule has 12 heavy (non-hydrogen) atoms. The lowest BCUT2D eigenvalue weighted by atomic mass is 10.2. The first-order chi connectivity index (χ1) is 5.79. The van der Waals surface area contributed by atoms with Crippen LogP contribution in [0.5, 0.6) is 0 Å². The van der Waals surface area contributed by atoms with Crippen LogP contribution in [0.15, 0.2) is 31.8 Å². The molecule has 0 radical (unpaired) electrons. The van der Waals surface area contributed by atoms with Crippen molar-refractivity contribution in [2.75, 3.05) is 0 Å². The van der Waals surface area contributed by atoms with Gasteiger partial charge in [-0.3, -0.25) is 0 Å². The van der Waals surface area contributed by atoms with E-state index in [1.54, 1.807) is 6.07 Å². The third-order valence-corrected chi connectivity index (χ3v) is 1.80. The standard InChI is InChI=1S/C9H8O3/c1-2-6-3-4-7-8(5-6)12-9(10)11-7/h3-5H,2H2,1H3. The molecule has 0 spiro atoms. The highest BCUT2D eigenvalue weighted by Crippen LogP contribution is 2.14. The van der Waals surface area contributed by atoms with Crippen LogP contribution >= 0.6 is 0 Å². The van der Waals surface area contributed by atoms with Gasteiger partial charge in [-0.15, -0.1) is 0 Å². The second kappa shape index (κ2) is 2.52. The lowest BCUT2D eigenvalue weighted by molar-refractivity contribution is 0.409. The third-order valence-electron chi connectivity index (χ3n) is 1.80. The molecule has 0 atom stereocenters. The van der Waals surface area contributed by atoms with Gasteiger partial charge in [-0.05, 0) is 24.1 Å². The lowest BCUT2D eigenvalue weighted by Gasteiger charge is -1.91. The number of hydrogen-bond donors (Lipinski definition) is 0. The molecule has 0 aliphatic carbocycles. The van der Waals surface area contributed by atoms with Gasteiger partial charge >= 0.3 is 5.82 Å². The fourth-order valence-corrected chi connectivity index (χ4v) is 1.14. The summed E-state index contributed by atoms with van der Waals surface area (Å²) in [5.74, 6) is -0.641. The normalized spacial score (nSPS) is 10.8. The molecule has 3 heteroatoms. The topological polar surface area (TPSA) is 43.4 Å². The van der Waals surface area contributed by atoms with E-state index in [2.05, 4.69) is 0 Å². The molecular weight excluding hydrogens is 156 g/mol. The van der Waals surface area contributed by atoms with Crippen LogP contribution in [0.1, 0.15) is 12.5 Å². The average Bonchev–Trinajstić information content (AvgIpc) is 2.43. The van der Waals surface area contributed by atoms with E-state index in [-0.39, 0.29) is 0 Å². The number of hydrogen-bond acceptors (Lipinski definition) is 3. The van der Waals surface area contributed by atoms with Crippen molar-refractivity contribution in [1.82, 2.24) is 0 Å². The number of rotatable bonds is 1. The summed E-state index contributed by atoms with van der Waals surface area (Å²) < 4.78 is 9.53. The largest absolute Gasteiger partial charge is 0.519 e. The van der Waals surface area contributed by atoms with Gasteiger partial charge in [0, 0.05) is 0 Å². The molecule has 62 valence electrons. The molecular formula is C9H8O3. The first-order valence-corrected chi connectivity index (χ1v) is 3.82. The molecule has 0 amide bonds. The van der Waals surface area contributed by atoms with Crippen molar-refractivity contribution >= 4 is 11.2 Å². The Morgan fingerprint density at radius 3 is 2.75 bits per heavy atom. The smallest absolute Gasteiger partial charge is 0.391 e. The minimum absolute atomic E-state index is 0.511. The van der Waals surface area contributed by atoms with Crippen molar-refractivity contribution in [2.45, 2.75) is 13.3 Å². The summed E-state index contributed by atoms with van der Waals surface area (Å²) >= 11 is 0. The molecule has 0 aliphatic heterocycles. The summed E-state index contributed by atoms with van der Waals surface area (Å²) in [4.78, 5) is 10.7. The Bertz CT molecular complexity index is 450. The van der Waals surface area contributed by atoms with E-state index < -0.39 is 5.82 Å². The molecule has 2 aromatic rings. The van der Waals surface area contributed by atoms with Gasteiger partial charge in [0.25, 0.3) is 0 Å². The van der Waals surface area contributed by atoms with Crippen LogP contribution in [0, 0.1) is 0 Å². The van der Waals surface area contributed by atoms with Crippen LogP contribution in [0.2, 0.25) is 0 Å². The van der Waals surface area contributed by atoms with Crippen molar-refractivity contribution in [3.8, 4) is 0 Å². The second-order valence-corrected chi connectivity index (χ2v) is 2.59. The van der Waals surface area contributed by atoms with Crippen LogP contribution < -0.4 is 5.82 Å². The van der Waals surface area contributed by atoms with Gasteiger partial charge in [-0.2, -0.15) is 0 Å². The molecule has 1 heterocycles. The van der Waals surface area contributed by atoms with Crippen LogP contribution in [-0.2, 0) is 6.42 Å². The summed E-state index contributed by atoms with van der Waals surface area (Å²) in [6.45, 7) is 2.04. The Kier molecular flexibility index (Phi) is 1.50. The predicted octanol–water partition coefficient (Wildman–Crippen LogP) is 1.95. The number of aryl methyl sites for hydroxylation is 1. The third kappa shape index (κ3) is 1.03. The molecule has 0 saturated carbocycles. The number of fused-ring (bicyclic) bond motifs is 1. The Balaban J connectivity index is 2.74. The average molecular weight is 164 g/mol. The Hall–Kier alpha value is -1.51. The first-order valence-electron chi connectivity index (χ1n) is 3.82. The van der Waals surface area contributed by atoms with Crippen molar-refractivity contribution in [3.63, 3.8) is 0 Å². The summed E-state index contributed by atoms with van der Waals surface area (Å²) in [5, 5.41) is 0. The van der Waals surface area contributed by atoms with Crippen LogP contribution in [-0.4, -0.2) is 0 Å². The van der Waals surface area contributed by atoms with Gasteiger partial charge in [-0.25, -0.2) is 4.79 Å². The molecule has 1 aromatic carbocycles. The van der Waals surface area contributed by atoms with E-state index in [9.17, 15) is 4.79 Å². The van der Waals surface area contributed by atoms with E-state index in [1.165, 1.54) is 0 Å². The van der Waals surface area contributed by atoms with Gasteiger partial charge < -0.3 is 8.83 Å². The minimum Gasteiger partial charge on any atom is -0.391 e. The van der Waals surface area contributed by atoms with Crippen molar-refractivity contribution in [3.05, 3.63) is 34.4 Å². The second-order valence-electron chi connectivity index (χ2n) is 2.59. The minimum atomic E-state index is -0.641. The Labute approximate surface area is 68.6 Å². The lowest BCUT2D eigenvalue weighted by Crippen LogP contribution is -1.84. The zero-order valence-corrected chi connectivity index (χ0v) is 6.66. The molecule has 1 aromatic heterocycles. The zero-order valence-electron chi connectivity index (χ0n) is 6.66. The molecule has 0 aliphatic rings. The summed E-state index contributed by atoms with van der Waals surface area (Å²) in [6.07, 6.45) is 0.921. The quantitative estimate of drug-likeness (QED) is 0.646. The van der Waals surface area contributed by atoms with Crippen LogP contribution in [0.25, 0.3) is 11.2 Å². The molecule has 0 unspecified atom stereocenters. The Morgan fingerprint density at radius 1 is 1.25 bits per heavy atom. The summed E-state index contributed by atoms with van der Waals surface area (Å²) in [5.41, 5.74) is 2.17. The highest BCUT2D eigenvalue weighted by atomic mass is 16.6. The van der Waals surface area contributed by atoms with Crippen molar-refractivity contribution < 1.29 is 8.83 Å². The van der Waals surface area contributed by atoms with E-state index >= 15 is 0 Å².